The summed E-state index contributed by atoms with van der Waals surface area (Å²) in [5, 5.41) is 0. The topological polar surface area (TPSA) is 3.24 Å². The van der Waals surface area contributed by atoms with E-state index in [9.17, 15) is 0 Å². The highest BCUT2D eigenvalue weighted by molar-refractivity contribution is 4.90. The average Bonchev–Trinajstić information content (AvgIpc) is 2.37. The standard InChI is InChI=1S/C27H57N/c1-15-25(9,10)21-27(13,14)28(19-22(2)18-23(3,4)5)17-16-26(11,12)20-24(6,7)8/h22H,15-21H2,1-14H3. The van der Waals surface area contributed by atoms with E-state index in [0.717, 1.165) is 5.92 Å². The molecule has 0 heterocycles. The summed E-state index contributed by atoms with van der Waals surface area (Å²) in [6.07, 6.45) is 6.37. The van der Waals surface area contributed by atoms with E-state index in [2.05, 4.69) is 102 Å². The first-order valence-corrected chi connectivity index (χ1v) is 11.9. The fourth-order valence-electron chi connectivity index (χ4n) is 5.50. The van der Waals surface area contributed by atoms with E-state index in [1.807, 2.05) is 0 Å². The minimum atomic E-state index is 0.240. The molecule has 1 nitrogen and oxygen atoms in total. The van der Waals surface area contributed by atoms with Crippen molar-refractivity contribution in [3.63, 3.8) is 0 Å². The van der Waals surface area contributed by atoms with Crippen molar-refractivity contribution in [3.8, 4) is 0 Å². The molecule has 1 atom stereocenters. The zero-order valence-electron chi connectivity index (χ0n) is 22.5. The summed E-state index contributed by atoms with van der Waals surface area (Å²) >= 11 is 0. The van der Waals surface area contributed by atoms with Crippen molar-refractivity contribution < 1.29 is 0 Å². The minimum Gasteiger partial charge on any atom is -0.298 e. The molecule has 0 amide bonds. The predicted molar refractivity (Wildman–Crippen MR) is 130 cm³/mol. The van der Waals surface area contributed by atoms with Gasteiger partial charge in [0.1, 0.15) is 0 Å². The fourth-order valence-corrected chi connectivity index (χ4v) is 5.50. The van der Waals surface area contributed by atoms with Gasteiger partial charge in [0.2, 0.25) is 0 Å². The third-order valence-electron chi connectivity index (χ3n) is 6.28. The van der Waals surface area contributed by atoms with Crippen LogP contribution < -0.4 is 0 Å². The molecule has 170 valence electrons. The van der Waals surface area contributed by atoms with Gasteiger partial charge in [-0.3, -0.25) is 4.90 Å². The van der Waals surface area contributed by atoms with Crippen molar-refractivity contribution in [1.29, 1.82) is 0 Å². The van der Waals surface area contributed by atoms with Crippen LogP contribution >= 0.6 is 0 Å². The molecular weight excluding hydrogens is 338 g/mol. The summed E-state index contributed by atoms with van der Waals surface area (Å²) in [7, 11) is 0. The van der Waals surface area contributed by atoms with Gasteiger partial charge >= 0.3 is 0 Å². The lowest BCUT2D eigenvalue weighted by Gasteiger charge is -2.46. The van der Waals surface area contributed by atoms with Gasteiger partial charge < -0.3 is 0 Å². The molecule has 1 heteroatoms. The molecule has 0 aliphatic rings. The molecule has 0 saturated carbocycles. The molecule has 0 aromatic heterocycles. The molecule has 0 spiro atoms. The number of hydrogen-bond acceptors (Lipinski definition) is 1. The molecule has 0 saturated heterocycles. The third-order valence-corrected chi connectivity index (χ3v) is 6.28. The Hall–Kier alpha value is -0.0400. The second-order valence-corrected chi connectivity index (χ2v) is 14.5. The van der Waals surface area contributed by atoms with Crippen molar-refractivity contribution in [1.82, 2.24) is 4.90 Å². The van der Waals surface area contributed by atoms with E-state index < -0.39 is 0 Å². The highest BCUT2D eigenvalue weighted by Crippen LogP contribution is 2.39. The fraction of sp³-hybridized carbons (Fsp3) is 1.00. The van der Waals surface area contributed by atoms with Crippen molar-refractivity contribution in [2.45, 2.75) is 135 Å². The average molecular weight is 396 g/mol. The maximum absolute atomic E-state index is 2.84. The molecule has 0 aliphatic carbocycles. The van der Waals surface area contributed by atoms with Crippen LogP contribution in [0.1, 0.15) is 129 Å². The molecule has 0 aromatic rings. The Bertz CT molecular complexity index is 442. The molecule has 0 aliphatic heterocycles. The zero-order chi connectivity index (χ0) is 22.6. The van der Waals surface area contributed by atoms with Gasteiger partial charge in [-0.15, -0.1) is 0 Å². The lowest BCUT2D eigenvalue weighted by molar-refractivity contribution is 0.0378. The highest BCUT2D eigenvalue weighted by atomic mass is 15.2. The molecule has 0 radical (unpaired) electrons. The normalized spacial score (nSPS) is 16.0. The smallest absolute Gasteiger partial charge is 0.0158 e. The maximum Gasteiger partial charge on any atom is 0.0158 e. The van der Waals surface area contributed by atoms with Crippen LogP contribution in [0.3, 0.4) is 0 Å². The van der Waals surface area contributed by atoms with Crippen molar-refractivity contribution >= 4 is 0 Å². The van der Waals surface area contributed by atoms with Crippen LogP contribution in [0.5, 0.6) is 0 Å². The summed E-state index contributed by atoms with van der Waals surface area (Å²) in [6, 6.07) is 0. The van der Waals surface area contributed by atoms with Gasteiger partial charge in [-0.25, -0.2) is 0 Å². The summed E-state index contributed by atoms with van der Waals surface area (Å²) in [6.45, 7) is 36.3. The molecular formula is C27H57N. The van der Waals surface area contributed by atoms with E-state index >= 15 is 0 Å². The van der Waals surface area contributed by atoms with Crippen LogP contribution in [0, 0.1) is 27.6 Å². The van der Waals surface area contributed by atoms with Crippen molar-refractivity contribution in [2.24, 2.45) is 27.6 Å². The molecule has 0 N–H and O–H groups in total. The lowest BCUT2D eigenvalue weighted by Crippen LogP contribution is -2.49. The van der Waals surface area contributed by atoms with E-state index in [-0.39, 0.29) is 5.54 Å². The van der Waals surface area contributed by atoms with Crippen LogP contribution in [-0.4, -0.2) is 23.5 Å². The number of hydrogen-bond donors (Lipinski definition) is 0. The quantitative estimate of drug-likeness (QED) is 0.338. The Morgan fingerprint density at radius 2 is 1.18 bits per heavy atom. The van der Waals surface area contributed by atoms with Gasteiger partial charge in [0.15, 0.2) is 0 Å². The molecule has 0 rings (SSSR count). The third kappa shape index (κ3) is 12.5. The first kappa shape index (κ1) is 28.0. The van der Waals surface area contributed by atoms with Gasteiger partial charge in [-0.05, 0) is 73.7 Å². The van der Waals surface area contributed by atoms with Gasteiger partial charge in [-0.1, -0.05) is 89.5 Å². The second kappa shape index (κ2) is 9.84. The number of nitrogens with zero attached hydrogens (tertiary/aromatic N) is 1. The van der Waals surface area contributed by atoms with E-state index in [1.54, 1.807) is 0 Å². The monoisotopic (exact) mass is 395 g/mol. The predicted octanol–water partition coefficient (Wildman–Crippen LogP) is 8.82. The van der Waals surface area contributed by atoms with Gasteiger partial charge in [0.05, 0.1) is 0 Å². The van der Waals surface area contributed by atoms with E-state index in [1.165, 1.54) is 45.2 Å². The van der Waals surface area contributed by atoms with Gasteiger partial charge in [0.25, 0.3) is 0 Å². The van der Waals surface area contributed by atoms with Crippen LogP contribution in [0.4, 0.5) is 0 Å². The Kier molecular flexibility index (Phi) is 9.83. The van der Waals surface area contributed by atoms with Gasteiger partial charge in [-0.2, -0.15) is 0 Å². The minimum absolute atomic E-state index is 0.240. The summed E-state index contributed by atoms with van der Waals surface area (Å²) < 4.78 is 0. The van der Waals surface area contributed by atoms with E-state index in [4.69, 9.17) is 0 Å². The molecule has 1 unspecified atom stereocenters. The van der Waals surface area contributed by atoms with Crippen LogP contribution in [0.15, 0.2) is 0 Å². The molecule has 0 bridgehead atoms. The Morgan fingerprint density at radius 3 is 1.57 bits per heavy atom. The van der Waals surface area contributed by atoms with Gasteiger partial charge in [0, 0.05) is 12.1 Å². The largest absolute Gasteiger partial charge is 0.298 e. The van der Waals surface area contributed by atoms with Crippen molar-refractivity contribution in [3.05, 3.63) is 0 Å². The first-order valence-electron chi connectivity index (χ1n) is 11.9. The Balaban J connectivity index is 5.38. The molecule has 0 aromatic carbocycles. The number of rotatable bonds is 11. The lowest BCUT2D eigenvalue weighted by atomic mass is 9.73. The van der Waals surface area contributed by atoms with E-state index in [0.29, 0.717) is 21.7 Å². The molecule has 28 heavy (non-hydrogen) atoms. The Morgan fingerprint density at radius 1 is 0.679 bits per heavy atom. The van der Waals surface area contributed by atoms with Crippen molar-refractivity contribution in [2.75, 3.05) is 13.1 Å². The van der Waals surface area contributed by atoms with Crippen LogP contribution in [-0.2, 0) is 0 Å². The first-order chi connectivity index (χ1) is 12.2. The Labute approximate surface area is 180 Å². The SMILES string of the molecule is CCC(C)(C)CC(C)(C)N(CCC(C)(C)CC(C)(C)C)CC(C)CC(C)(C)C. The summed E-state index contributed by atoms with van der Waals surface area (Å²) in [4.78, 5) is 2.84. The maximum atomic E-state index is 2.84. The van der Waals surface area contributed by atoms with Crippen LogP contribution in [0.2, 0.25) is 0 Å². The summed E-state index contributed by atoms with van der Waals surface area (Å²) in [5.74, 6) is 0.731. The zero-order valence-corrected chi connectivity index (χ0v) is 22.5. The molecule has 0 fully saturated rings. The summed E-state index contributed by atoms with van der Waals surface area (Å²) in [5.41, 5.74) is 1.83. The second-order valence-electron chi connectivity index (χ2n) is 14.5. The van der Waals surface area contributed by atoms with Crippen LogP contribution in [0.25, 0.3) is 0 Å². The highest BCUT2D eigenvalue weighted by Gasteiger charge is 2.35.